The molecule has 1 aromatic heterocycles. The van der Waals surface area contributed by atoms with Crippen LogP contribution in [0.4, 0.5) is 0 Å². The number of aromatic nitrogens is 2. The van der Waals surface area contributed by atoms with Gasteiger partial charge in [-0.25, -0.2) is 9.78 Å². The highest BCUT2D eigenvalue weighted by molar-refractivity contribution is 5.94. The van der Waals surface area contributed by atoms with Gasteiger partial charge in [0.25, 0.3) is 0 Å². The van der Waals surface area contributed by atoms with E-state index in [0.29, 0.717) is 50.0 Å². The number of guanidine groups is 1. The lowest BCUT2D eigenvalue weighted by atomic mass is 10.0. The summed E-state index contributed by atoms with van der Waals surface area (Å²) in [5.41, 5.74) is 17.8. The van der Waals surface area contributed by atoms with E-state index in [1.54, 1.807) is 12.1 Å². The van der Waals surface area contributed by atoms with E-state index in [2.05, 4.69) is 25.6 Å². The molecule has 0 spiro atoms. The van der Waals surface area contributed by atoms with Crippen LogP contribution < -0.4 is 27.8 Å². The molecular weight excluding hydrogens is 534 g/mol. The summed E-state index contributed by atoms with van der Waals surface area (Å²) in [7, 11) is 0. The molecule has 0 radical (unpaired) electrons. The monoisotopic (exact) mass is 571 g/mol. The lowest BCUT2D eigenvalue weighted by Gasteiger charge is -2.28. The molecule has 2 aromatic rings. The second kappa shape index (κ2) is 14.6. The SMILES string of the molecule is NC(N)=NCCCC(N)C(=O)N1CCCC1C(=O)NC(Cc1ccc(O)cc1)C(=O)NC(Cc1cnc[nH]1)C(=O)O. The third-order valence-corrected chi connectivity index (χ3v) is 6.73. The second-order valence-corrected chi connectivity index (χ2v) is 9.86. The van der Waals surface area contributed by atoms with Crippen LogP contribution in [0.1, 0.15) is 36.9 Å². The Labute approximate surface area is 236 Å². The summed E-state index contributed by atoms with van der Waals surface area (Å²) in [6.45, 7) is 0.650. The summed E-state index contributed by atoms with van der Waals surface area (Å²) in [6, 6.07) is 1.91. The number of aromatic amines is 1. The highest BCUT2D eigenvalue weighted by Gasteiger charge is 2.38. The van der Waals surface area contributed by atoms with Crippen molar-refractivity contribution in [1.82, 2.24) is 25.5 Å². The molecular formula is C26H37N9O6. The number of benzene rings is 1. The van der Waals surface area contributed by atoms with E-state index in [4.69, 9.17) is 17.2 Å². The standard InChI is InChI=1S/C26H37N9O6/c27-18(3-1-9-31-26(28)29)24(39)35-10-2-4-21(35)23(38)33-19(11-15-5-7-17(36)8-6-15)22(37)34-20(25(40)41)12-16-13-30-14-32-16/h5-8,13-14,18-21,36H,1-4,9-12,27H2,(H,30,32)(H,33,38)(H,34,37)(H,40,41)(H4,28,29,31). The van der Waals surface area contributed by atoms with Gasteiger partial charge in [-0.3, -0.25) is 19.4 Å². The number of imidazole rings is 1. The summed E-state index contributed by atoms with van der Waals surface area (Å²) in [4.78, 5) is 63.6. The van der Waals surface area contributed by atoms with Crippen LogP contribution in [0.2, 0.25) is 0 Å². The minimum Gasteiger partial charge on any atom is -0.508 e. The molecule has 15 heteroatoms. The molecule has 1 aliphatic rings. The van der Waals surface area contributed by atoms with Gasteiger partial charge in [0.1, 0.15) is 23.9 Å². The van der Waals surface area contributed by atoms with Crippen molar-refractivity contribution in [3.8, 4) is 5.75 Å². The molecule has 1 aromatic carbocycles. The number of aliphatic imine (C=N–C) groups is 1. The fraction of sp³-hybridized carbons (Fsp3) is 0.462. The predicted octanol–water partition coefficient (Wildman–Crippen LogP) is -1.67. The number of nitrogens with zero attached hydrogens (tertiary/aromatic N) is 3. The molecule has 222 valence electrons. The number of nitrogens with one attached hydrogen (secondary N) is 3. The number of rotatable bonds is 14. The Morgan fingerprint density at radius 2 is 1.85 bits per heavy atom. The number of phenols is 1. The Bertz CT molecular complexity index is 1210. The number of likely N-dealkylation sites (tertiary alicyclic amines) is 1. The predicted molar refractivity (Wildman–Crippen MR) is 148 cm³/mol. The largest absolute Gasteiger partial charge is 0.508 e. The van der Waals surface area contributed by atoms with Gasteiger partial charge in [-0.15, -0.1) is 0 Å². The molecule has 41 heavy (non-hydrogen) atoms. The van der Waals surface area contributed by atoms with Crippen LogP contribution in [0.3, 0.4) is 0 Å². The topological polar surface area (TPSA) is 255 Å². The number of H-pyrrole nitrogens is 1. The van der Waals surface area contributed by atoms with Crippen LogP contribution in [0.5, 0.6) is 5.75 Å². The van der Waals surface area contributed by atoms with Crippen LogP contribution in [-0.4, -0.2) is 92.0 Å². The van der Waals surface area contributed by atoms with Gasteiger partial charge in [0, 0.05) is 37.8 Å². The van der Waals surface area contributed by atoms with Crippen molar-refractivity contribution >= 4 is 29.7 Å². The quantitative estimate of drug-likeness (QED) is 0.0726. The zero-order chi connectivity index (χ0) is 29.9. The normalized spacial score (nSPS) is 16.8. The highest BCUT2D eigenvalue weighted by atomic mass is 16.4. The van der Waals surface area contributed by atoms with Crippen molar-refractivity contribution in [3.63, 3.8) is 0 Å². The number of amides is 3. The van der Waals surface area contributed by atoms with Crippen molar-refractivity contribution < 1.29 is 29.4 Å². The number of hydrogen-bond donors (Lipinski definition) is 8. The van der Waals surface area contributed by atoms with Crippen LogP contribution in [0, 0.1) is 0 Å². The van der Waals surface area contributed by atoms with Gasteiger partial charge >= 0.3 is 5.97 Å². The summed E-state index contributed by atoms with van der Waals surface area (Å²) >= 11 is 0. The molecule has 3 amide bonds. The molecule has 2 heterocycles. The minimum absolute atomic E-state index is 0.0131. The van der Waals surface area contributed by atoms with Crippen LogP contribution >= 0.6 is 0 Å². The Balaban J connectivity index is 1.71. The third-order valence-electron chi connectivity index (χ3n) is 6.73. The lowest BCUT2D eigenvalue weighted by molar-refractivity contribution is -0.143. The number of aliphatic carboxylic acids is 1. The highest BCUT2D eigenvalue weighted by Crippen LogP contribution is 2.20. The first-order valence-corrected chi connectivity index (χ1v) is 13.2. The molecule has 11 N–H and O–H groups in total. The van der Waals surface area contributed by atoms with Gasteiger partial charge in [0.15, 0.2) is 5.96 Å². The molecule has 1 saturated heterocycles. The van der Waals surface area contributed by atoms with E-state index in [1.165, 1.54) is 29.6 Å². The number of hydrogen-bond acceptors (Lipinski definition) is 8. The molecule has 0 saturated carbocycles. The number of phenolic OH excluding ortho intramolecular Hbond substituents is 1. The zero-order valence-corrected chi connectivity index (χ0v) is 22.5. The van der Waals surface area contributed by atoms with Gasteiger partial charge in [-0.05, 0) is 43.4 Å². The van der Waals surface area contributed by atoms with Crippen LogP contribution in [0.25, 0.3) is 0 Å². The first-order valence-electron chi connectivity index (χ1n) is 13.2. The summed E-state index contributed by atoms with van der Waals surface area (Å²) in [5.74, 6) is -2.95. The Morgan fingerprint density at radius 3 is 2.49 bits per heavy atom. The number of carboxylic acids is 1. The van der Waals surface area contributed by atoms with E-state index >= 15 is 0 Å². The van der Waals surface area contributed by atoms with Crippen molar-refractivity contribution in [2.24, 2.45) is 22.2 Å². The maximum Gasteiger partial charge on any atom is 0.326 e. The van der Waals surface area contributed by atoms with E-state index in [9.17, 15) is 29.4 Å². The molecule has 1 fully saturated rings. The Morgan fingerprint density at radius 1 is 1.12 bits per heavy atom. The van der Waals surface area contributed by atoms with Crippen LogP contribution in [0.15, 0.2) is 41.8 Å². The van der Waals surface area contributed by atoms with Crippen LogP contribution in [-0.2, 0) is 32.0 Å². The van der Waals surface area contributed by atoms with Gasteiger partial charge in [0.05, 0.1) is 12.4 Å². The molecule has 0 aliphatic carbocycles. The second-order valence-electron chi connectivity index (χ2n) is 9.86. The van der Waals surface area contributed by atoms with E-state index < -0.39 is 47.9 Å². The fourth-order valence-electron chi connectivity index (χ4n) is 4.59. The van der Waals surface area contributed by atoms with Gasteiger partial charge in [-0.2, -0.15) is 0 Å². The number of carboxylic acid groups (broad SMARTS) is 1. The van der Waals surface area contributed by atoms with Gasteiger partial charge in [-0.1, -0.05) is 12.1 Å². The smallest absolute Gasteiger partial charge is 0.326 e. The number of aromatic hydroxyl groups is 1. The van der Waals surface area contributed by atoms with Gasteiger partial charge < -0.3 is 47.9 Å². The first-order chi connectivity index (χ1) is 19.5. The molecule has 1 aliphatic heterocycles. The third kappa shape index (κ3) is 9.20. The van der Waals surface area contributed by atoms with Crippen molar-refractivity contribution in [2.45, 2.75) is 62.7 Å². The lowest BCUT2D eigenvalue weighted by Crippen LogP contribution is -2.57. The number of carbonyl (C=O) groups is 4. The Hall–Kier alpha value is -4.66. The number of carbonyl (C=O) groups excluding carboxylic acids is 3. The Kier molecular flexibility index (Phi) is 11.0. The van der Waals surface area contributed by atoms with Crippen molar-refractivity contribution in [3.05, 3.63) is 48.0 Å². The molecule has 3 rings (SSSR count). The van der Waals surface area contributed by atoms with E-state index in [-0.39, 0.29) is 24.6 Å². The molecule has 4 atom stereocenters. The summed E-state index contributed by atoms with van der Waals surface area (Å²) in [5, 5.41) is 24.5. The van der Waals surface area contributed by atoms with Gasteiger partial charge in [0.2, 0.25) is 17.7 Å². The summed E-state index contributed by atoms with van der Waals surface area (Å²) in [6.07, 6.45) is 4.57. The average Bonchev–Trinajstić information content (AvgIpc) is 3.63. The minimum atomic E-state index is -1.29. The molecule has 0 bridgehead atoms. The molecule has 4 unspecified atom stereocenters. The van der Waals surface area contributed by atoms with E-state index in [0.717, 1.165) is 0 Å². The fourth-order valence-corrected chi connectivity index (χ4v) is 4.59. The zero-order valence-electron chi connectivity index (χ0n) is 22.5. The number of nitrogens with two attached hydrogens (primary N) is 3. The maximum atomic E-state index is 13.4. The van der Waals surface area contributed by atoms with Crippen molar-refractivity contribution in [1.29, 1.82) is 0 Å². The van der Waals surface area contributed by atoms with Crippen molar-refractivity contribution in [2.75, 3.05) is 13.1 Å². The van der Waals surface area contributed by atoms with E-state index in [1.807, 2.05) is 0 Å². The maximum absolute atomic E-state index is 13.4. The first kappa shape index (κ1) is 30.9. The average molecular weight is 572 g/mol. The molecule has 15 nitrogen and oxygen atoms in total. The summed E-state index contributed by atoms with van der Waals surface area (Å²) < 4.78 is 0.